The molecule has 2 rings (SSSR count). The molecule has 128 valence electrons. The van der Waals surface area contributed by atoms with Crippen LogP contribution in [-0.2, 0) is 11.3 Å². The maximum atomic E-state index is 12.4. The number of amides is 1. The minimum absolute atomic E-state index is 0.0719. The van der Waals surface area contributed by atoms with Crippen LogP contribution in [-0.4, -0.2) is 41.1 Å². The SMILES string of the molecule is COc1ccc(CN(C)[C@H](C)C(=O)Nc2cccnc2Cl)cc1O. The smallest absolute Gasteiger partial charge is 0.241 e. The Morgan fingerprint density at radius 2 is 2.21 bits per heavy atom. The van der Waals surface area contributed by atoms with Gasteiger partial charge in [-0.25, -0.2) is 4.98 Å². The minimum Gasteiger partial charge on any atom is -0.504 e. The number of ether oxygens (including phenoxy) is 1. The lowest BCUT2D eigenvalue weighted by molar-refractivity contribution is -0.120. The number of anilines is 1. The summed E-state index contributed by atoms with van der Waals surface area (Å²) >= 11 is 5.95. The van der Waals surface area contributed by atoms with Crippen molar-refractivity contribution >= 4 is 23.2 Å². The Hall–Kier alpha value is -2.31. The molecule has 1 aromatic heterocycles. The van der Waals surface area contributed by atoms with Gasteiger partial charge in [0, 0.05) is 12.7 Å². The van der Waals surface area contributed by atoms with E-state index < -0.39 is 6.04 Å². The third-order valence-corrected chi connectivity index (χ3v) is 4.03. The number of hydrogen-bond acceptors (Lipinski definition) is 5. The molecule has 1 heterocycles. The van der Waals surface area contributed by atoms with Gasteiger partial charge >= 0.3 is 0 Å². The highest BCUT2D eigenvalue weighted by molar-refractivity contribution is 6.32. The van der Waals surface area contributed by atoms with Crippen molar-refractivity contribution < 1.29 is 14.6 Å². The monoisotopic (exact) mass is 349 g/mol. The fourth-order valence-electron chi connectivity index (χ4n) is 2.18. The van der Waals surface area contributed by atoms with Gasteiger partial charge in [-0.05, 0) is 43.8 Å². The quantitative estimate of drug-likeness (QED) is 0.784. The Kier molecular flexibility index (Phi) is 6.00. The molecule has 0 saturated heterocycles. The number of phenolic OH excluding ortho intramolecular Hbond substituents is 1. The highest BCUT2D eigenvalue weighted by Gasteiger charge is 2.19. The van der Waals surface area contributed by atoms with Crippen LogP contribution in [0.2, 0.25) is 5.15 Å². The first-order valence-corrected chi connectivity index (χ1v) is 7.77. The fourth-order valence-corrected chi connectivity index (χ4v) is 2.34. The molecular formula is C17H20ClN3O3. The molecule has 0 bridgehead atoms. The lowest BCUT2D eigenvalue weighted by Crippen LogP contribution is -2.39. The molecule has 1 amide bonds. The first-order valence-electron chi connectivity index (χ1n) is 7.40. The Labute approximate surface area is 146 Å². The van der Waals surface area contributed by atoms with Crippen molar-refractivity contribution in [3.8, 4) is 11.5 Å². The second-order valence-electron chi connectivity index (χ2n) is 5.43. The highest BCUT2D eigenvalue weighted by Crippen LogP contribution is 2.27. The lowest BCUT2D eigenvalue weighted by Gasteiger charge is -2.24. The number of pyridine rings is 1. The van der Waals surface area contributed by atoms with Crippen molar-refractivity contribution in [2.45, 2.75) is 19.5 Å². The number of hydrogen-bond donors (Lipinski definition) is 2. The zero-order valence-electron chi connectivity index (χ0n) is 13.8. The van der Waals surface area contributed by atoms with Crippen molar-refractivity contribution in [2.24, 2.45) is 0 Å². The van der Waals surface area contributed by atoms with Gasteiger partial charge in [-0.2, -0.15) is 0 Å². The molecule has 0 aliphatic carbocycles. The molecular weight excluding hydrogens is 330 g/mol. The van der Waals surface area contributed by atoms with Crippen LogP contribution in [0.4, 0.5) is 5.69 Å². The van der Waals surface area contributed by atoms with E-state index in [0.29, 0.717) is 18.0 Å². The van der Waals surface area contributed by atoms with Gasteiger partial charge < -0.3 is 15.2 Å². The van der Waals surface area contributed by atoms with E-state index >= 15 is 0 Å². The van der Waals surface area contributed by atoms with Crippen LogP contribution in [0.15, 0.2) is 36.5 Å². The van der Waals surface area contributed by atoms with E-state index in [2.05, 4.69) is 10.3 Å². The number of aromatic hydroxyl groups is 1. The molecule has 0 radical (unpaired) electrons. The van der Waals surface area contributed by atoms with Crippen LogP contribution in [0.1, 0.15) is 12.5 Å². The fraction of sp³-hybridized carbons (Fsp3) is 0.294. The average Bonchev–Trinajstić information content (AvgIpc) is 2.56. The number of likely N-dealkylation sites (N-methyl/N-ethyl adjacent to an activating group) is 1. The number of methoxy groups -OCH3 is 1. The molecule has 7 heteroatoms. The van der Waals surface area contributed by atoms with Gasteiger partial charge in [-0.1, -0.05) is 17.7 Å². The van der Waals surface area contributed by atoms with Crippen LogP contribution >= 0.6 is 11.6 Å². The predicted molar refractivity (Wildman–Crippen MR) is 93.5 cm³/mol. The van der Waals surface area contributed by atoms with Crippen LogP contribution in [0.5, 0.6) is 11.5 Å². The maximum absolute atomic E-state index is 12.4. The Morgan fingerprint density at radius 3 is 2.83 bits per heavy atom. The van der Waals surface area contributed by atoms with Gasteiger partial charge in [0.2, 0.25) is 5.91 Å². The molecule has 6 nitrogen and oxygen atoms in total. The normalized spacial score (nSPS) is 12.0. The largest absolute Gasteiger partial charge is 0.504 e. The molecule has 0 aliphatic heterocycles. The molecule has 0 saturated carbocycles. The molecule has 0 spiro atoms. The number of carbonyl (C=O) groups is 1. The second-order valence-corrected chi connectivity index (χ2v) is 5.79. The van der Waals surface area contributed by atoms with Crippen molar-refractivity contribution in [2.75, 3.05) is 19.5 Å². The number of nitrogens with zero attached hydrogens (tertiary/aromatic N) is 2. The topological polar surface area (TPSA) is 74.7 Å². The maximum Gasteiger partial charge on any atom is 0.241 e. The third kappa shape index (κ3) is 4.37. The number of phenols is 1. The zero-order valence-corrected chi connectivity index (χ0v) is 14.5. The molecule has 2 N–H and O–H groups in total. The third-order valence-electron chi connectivity index (χ3n) is 3.73. The summed E-state index contributed by atoms with van der Waals surface area (Å²) in [5.41, 5.74) is 1.35. The van der Waals surface area contributed by atoms with Crippen molar-refractivity contribution in [3.05, 3.63) is 47.2 Å². The molecule has 24 heavy (non-hydrogen) atoms. The van der Waals surface area contributed by atoms with Crippen LogP contribution in [0, 0.1) is 0 Å². The van der Waals surface area contributed by atoms with Gasteiger partial charge in [0.05, 0.1) is 18.8 Å². The molecule has 0 fully saturated rings. The van der Waals surface area contributed by atoms with Gasteiger partial charge in [-0.15, -0.1) is 0 Å². The van der Waals surface area contributed by atoms with Crippen molar-refractivity contribution in [3.63, 3.8) is 0 Å². The van der Waals surface area contributed by atoms with E-state index in [1.807, 2.05) is 18.0 Å². The first-order chi connectivity index (χ1) is 11.4. The van der Waals surface area contributed by atoms with E-state index in [1.54, 1.807) is 37.4 Å². The minimum atomic E-state index is -0.398. The number of nitrogens with one attached hydrogen (secondary N) is 1. The van der Waals surface area contributed by atoms with Gasteiger partial charge in [0.15, 0.2) is 16.7 Å². The number of aromatic nitrogens is 1. The van der Waals surface area contributed by atoms with Crippen LogP contribution in [0.25, 0.3) is 0 Å². The van der Waals surface area contributed by atoms with Crippen LogP contribution < -0.4 is 10.1 Å². The van der Waals surface area contributed by atoms with E-state index in [4.69, 9.17) is 16.3 Å². The first kappa shape index (κ1) is 18.0. The molecule has 0 aliphatic rings. The Bertz CT molecular complexity index is 724. The standard InChI is InChI=1S/C17H20ClN3O3/c1-11(17(23)20-13-5-4-8-19-16(13)18)21(2)10-12-6-7-15(24-3)14(22)9-12/h4-9,11,22H,10H2,1-3H3,(H,20,23)/t11-/m1/s1. The lowest BCUT2D eigenvalue weighted by atomic mass is 10.1. The average molecular weight is 350 g/mol. The van der Waals surface area contributed by atoms with E-state index in [9.17, 15) is 9.90 Å². The Balaban J connectivity index is 2.01. The molecule has 1 atom stereocenters. The summed E-state index contributed by atoms with van der Waals surface area (Å²) in [6.45, 7) is 2.29. The number of carbonyl (C=O) groups excluding carboxylic acids is 1. The van der Waals surface area contributed by atoms with Crippen molar-refractivity contribution in [1.82, 2.24) is 9.88 Å². The van der Waals surface area contributed by atoms with E-state index in [-0.39, 0.29) is 16.8 Å². The number of rotatable bonds is 6. The second kappa shape index (κ2) is 7.99. The molecule has 0 unspecified atom stereocenters. The van der Waals surface area contributed by atoms with E-state index in [1.165, 1.54) is 7.11 Å². The zero-order chi connectivity index (χ0) is 17.7. The van der Waals surface area contributed by atoms with Gasteiger partial charge in [0.1, 0.15) is 0 Å². The summed E-state index contributed by atoms with van der Waals surface area (Å²) < 4.78 is 5.02. The number of benzene rings is 1. The summed E-state index contributed by atoms with van der Waals surface area (Å²) in [5.74, 6) is 0.297. The van der Waals surface area contributed by atoms with E-state index in [0.717, 1.165) is 5.56 Å². The highest BCUT2D eigenvalue weighted by atomic mass is 35.5. The summed E-state index contributed by atoms with van der Waals surface area (Å²) in [6.07, 6.45) is 1.56. The summed E-state index contributed by atoms with van der Waals surface area (Å²) in [6, 6.07) is 8.16. The van der Waals surface area contributed by atoms with Crippen LogP contribution in [0.3, 0.4) is 0 Å². The summed E-state index contributed by atoms with van der Waals surface area (Å²) in [7, 11) is 3.33. The summed E-state index contributed by atoms with van der Waals surface area (Å²) in [4.78, 5) is 18.1. The van der Waals surface area contributed by atoms with Gasteiger partial charge in [-0.3, -0.25) is 9.69 Å². The molecule has 1 aromatic carbocycles. The molecule has 2 aromatic rings. The Morgan fingerprint density at radius 1 is 1.46 bits per heavy atom. The summed E-state index contributed by atoms with van der Waals surface area (Å²) in [5, 5.41) is 12.8. The van der Waals surface area contributed by atoms with Gasteiger partial charge in [0.25, 0.3) is 0 Å². The number of halogens is 1. The predicted octanol–water partition coefficient (Wildman–Crippen LogP) is 2.91. The van der Waals surface area contributed by atoms with Crippen molar-refractivity contribution in [1.29, 1.82) is 0 Å².